The molecule has 0 aliphatic carbocycles. The van der Waals surface area contributed by atoms with E-state index in [1.165, 1.54) is 13.8 Å². The van der Waals surface area contributed by atoms with Crippen molar-refractivity contribution in [1.82, 2.24) is 10.2 Å². The molecule has 0 unspecified atom stereocenters. The molecule has 3 aromatic rings. The van der Waals surface area contributed by atoms with Crippen LogP contribution in [0.25, 0.3) is 0 Å². The first kappa shape index (κ1) is 31.0. The number of carbonyl (C=O) groups is 3. The second kappa shape index (κ2) is 13.4. The quantitative estimate of drug-likeness (QED) is 0.282. The van der Waals surface area contributed by atoms with Gasteiger partial charge in [-0.2, -0.15) is 0 Å². The van der Waals surface area contributed by atoms with Gasteiger partial charge in [-0.1, -0.05) is 41.4 Å². The number of benzene rings is 3. The monoisotopic (exact) mass is 613 g/mol. The number of carbonyl (C=O) groups excluding carboxylic acids is 2. The van der Waals surface area contributed by atoms with E-state index in [0.717, 1.165) is 5.69 Å². The van der Waals surface area contributed by atoms with Crippen molar-refractivity contribution in [1.29, 1.82) is 0 Å². The summed E-state index contributed by atoms with van der Waals surface area (Å²) in [5, 5.41) is 22.9. The van der Waals surface area contributed by atoms with Gasteiger partial charge in [-0.3, -0.25) is 9.59 Å². The fourth-order valence-electron chi connectivity index (χ4n) is 4.65. The molecule has 0 spiro atoms. The molecule has 11 heteroatoms. The molecule has 0 radical (unpaired) electrons. The number of hydrogen-bond donors (Lipinski definition) is 3. The Morgan fingerprint density at radius 2 is 1.52 bits per heavy atom. The van der Waals surface area contributed by atoms with E-state index in [-0.39, 0.29) is 24.7 Å². The Balaban J connectivity index is 1.32. The van der Waals surface area contributed by atoms with Crippen LogP contribution >= 0.6 is 23.2 Å². The van der Waals surface area contributed by atoms with Gasteiger partial charge >= 0.3 is 5.97 Å². The number of rotatable bonds is 10. The first-order valence-corrected chi connectivity index (χ1v) is 14.2. The number of phenols is 1. The van der Waals surface area contributed by atoms with Gasteiger partial charge in [0.15, 0.2) is 0 Å². The first-order chi connectivity index (χ1) is 20.0. The van der Waals surface area contributed by atoms with Crippen LogP contribution in [0.3, 0.4) is 0 Å². The fourth-order valence-corrected chi connectivity index (χ4v) is 5.15. The highest BCUT2D eigenvalue weighted by atomic mass is 35.5. The summed E-state index contributed by atoms with van der Waals surface area (Å²) >= 11 is 12.4. The van der Waals surface area contributed by atoms with Crippen LogP contribution in [-0.2, 0) is 27.4 Å². The average molecular weight is 615 g/mol. The van der Waals surface area contributed by atoms with Crippen molar-refractivity contribution < 1.29 is 29.3 Å². The molecular formula is C31H33Cl2N3O6. The third kappa shape index (κ3) is 7.46. The number of aromatic hydroxyl groups is 1. The number of nitrogens with zero attached hydrogens (tertiary/aromatic N) is 2. The SMILES string of the molecule is CC(C)(C(=O)N[C@@H](Cc1ccc(OCc2c(Cl)cccc2Cl)cc1)C(=O)O)C(=O)N1CCN(c2ccc(O)cc2)CC1. The molecule has 0 aromatic heterocycles. The molecule has 1 heterocycles. The number of hydrogen-bond acceptors (Lipinski definition) is 6. The Morgan fingerprint density at radius 1 is 0.929 bits per heavy atom. The van der Waals surface area contributed by atoms with E-state index >= 15 is 0 Å². The number of halogens is 2. The van der Waals surface area contributed by atoms with Crippen LogP contribution in [0.1, 0.15) is 25.0 Å². The summed E-state index contributed by atoms with van der Waals surface area (Å²) in [5.74, 6) is -1.50. The second-order valence-electron chi connectivity index (χ2n) is 10.6. The Kier molecular flexibility index (Phi) is 9.85. The molecule has 1 fully saturated rings. The highest BCUT2D eigenvalue weighted by Crippen LogP contribution is 2.27. The zero-order valence-electron chi connectivity index (χ0n) is 23.3. The van der Waals surface area contributed by atoms with Crippen molar-refractivity contribution in [3.05, 3.63) is 87.9 Å². The molecule has 42 heavy (non-hydrogen) atoms. The molecule has 1 saturated heterocycles. The maximum absolute atomic E-state index is 13.3. The van der Waals surface area contributed by atoms with Crippen LogP contribution in [0.5, 0.6) is 11.5 Å². The topological polar surface area (TPSA) is 119 Å². The zero-order valence-corrected chi connectivity index (χ0v) is 24.9. The lowest BCUT2D eigenvalue weighted by molar-refractivity contribution is -0.151. The van der Waals surface area contributed by atoms with Crippen molar-refractivity contribution in [3.8, 4) is 11.5 Å². The van der Waals surface area contributed by atoms with Crippen molar-refractivity contribution in [2.45, 2.75) is 32.9 Å². The summed E-state index contributed by atoms with van der Waals surface area (Å²) in [6, 6.07) is 17.7. The molecule has 3 N–H and O–H groups in total. The van der Waals surface area contributed by atoms with Gasteiger partial charge in [0.2, 0.25) is 11.8 Å². The largest absolute Gasteiger partial charge is 0.508 e. The molecule has 1 atom stereocenters. The zero-order chi connectivity index (χ0) is 30.4. The summed E-state index contributed by atoms with van der Waals surface area (Å²) in [5.41, 5.74) is 0.799. The summed E-state index contributed by atoms with van der Waals surface area (Å²) < 4.78 is 5.78. The Bertz CT molecular complexity index is 1400. The molecule has 2 amide bonds. The van der Waals surface area contributed by atoms with Gasteiger partial charge in [0, 0.05) is 53.9 Å². The van der Waals surface area contributed by atoms with Gasteiger partial charge in [0.25, 0.3) is 0 Å². The van der Waals surface area contributed by atoms with Gasteiger partial charge in [-0.05, 0) is 67.9 Å². The third-order valence-corrected chi connectivity index (χ3v) is 8.00. The van der Waals surface area contributed by atoms with Crippen molar-refractivity contribution >= 4 is 46.7 Å². The van der Waals surface area contributed by atoms with Crippen molar-refractivity contribution in [2.24, 2.45) is 5.41 Å². The van der Waals surface area contributed by atoms with Gasteiger partial charge < -0.3 is 30.1 Å². The first-order valence-electron chi connectivity index (χ1n) is 13.5. The van der Waals surface area contributed by atoms with Gasteiger partial charge in [-0.15, -0.1) is 0 Å². The minimum atomic E-state index is -1.47. The smallest absolute Gasteiger partial charge is 0.326 e. The molecule has 9 nitrogen and oxygen atoms in total. The minimum absolute atomic E-state index is 0.0211. The van der Waals surface area contributed by atoms with Crippen LogP contribution in [0.4, 0.5) is 5.69 Å². The predicted octanol–water partition coefficient (Wildman–Crippen LogP) is 4.76. The van der Waals surface area contributed by atoms with E-state index in [1.54, 1.807) is 59.5 Å². The van der Waals surface area contributed by atoms with Gasteiger partial charge in [-0.25, -0.2) is 4.79 Å². The van der Waals surface area contributed by atoms with Crippen LogP contribution in [-0.4, -0.2) is 65.1 Å². The van der Waals surface area contributed by atoms with Crippen LogP contribution in [0, 0.1) is 5.41 Å². The summed E-state index contributed by atoms with van der Waals surface area (Å²) in [6.07, 6.45) is 0.0211. The average Bonchev–Trinajstić information content (AvgIpc) is 2.97. The van der Waals surface area contributed by atoms with E-state index in [9.17, 15) is 24.6 Å². The summed E-state index contributed by atoms with van der Waals surface area (Å²) in [4.78, 5) is 42.3. The van der Waals surface area contributed by atoms with E-state index < -0.39 is 23.3 Å². The van der Waals surface area contributed by atoms with Gasteiger partial charge in [0.1, 0.15) is 29.6 Å². The van der Waals surface area contributed by atoms with Crippen molar-refractivity contribution in [3.63, 3.8) is 0 Å². The highest BCUT2D eigenvalue weighted by molar-refractivity contribution is 6.35. The lowest BCUT2D eigenvalue weighted by Crippen LogP contribution is -2.57. The number of ether oxygens (including phenoxy) is 1. The van der Waals surface area contributed by atoms with Crippen LogP contribution in [0.2, 0.25) is 10.0 Å². The molecular weight excluding hydrogens is 581 g/mol. The fraction of sp³-hybridized carbons (Fsp3) is 0.323. The molecule has 4 rings (SSSR count). The third-order valence-electron chi connectivity index (χ3n) is 7.30. The van der Waals surface area contributed by atoms with Gasteiger partial charge in [0.05, 0.1) is 0 Å². The summed E-state index contributed by atoms with van der Waals surface area (Å²) in [6.45, 7) is 5.14. The van der Waals surface area contributed by atoms with Crippen molar-refractivity contribution in [2.75, 3.05) is 31.1 Å². The number of carboxylic acid groups (broad SMARTS) is 1. The van der Waals surface area contributed by atoms with Crippen LogP contribution < -0.4 is 15.0 Å². The maximum atomic E-state index is 13.3. The van der Waals surface area contributed by atoms with Crippen LogP contribution in [0.15, 0.2) is 66.7 Å². The molecule has 222 valence electrons. The lowest BCUT2D eigenvalue weighted by Gasteiger charge is -2.39. The number of aliphatic carboxylic acids is 1. The number of piperazine rings is 1. The minimum Gasteiger partial charge on any atom is -0.508 e. The highest BCUT2D eigenvalue weighted by Gasteiger charge is 2.41. The Hall–Kier alpha value is -3.95. The standard InChI is InChI=1S/C31H33Cl2N3O6/c1-31(2,30(41)36-16-14-35(15-17-36)21-8-10-22(37)11-9-21)29(40)34-27(28(38)39)18-20-6-12-23(13-7-20)42-19-24-25(32)4-3-5-26(24)33/h3-13,27,37H,14-19H2,1-2H3,(H,34,40)(H,38,39)/t27-/m0/s1. The number of anilines is 1. The Morgan fingerprint density at radius 3 is 2.10 bits per heavy atom. The van der Waals surface area contributed by atoms with E-state index in [2.05, 4.69) is 10.2 Å². The number of phenolic OH excluding ortho intramolecular Hbond substituents is 1. The number of amides is 2. The van der Waals surface area contributed by atoms with E-state index in [1.807, 2.05) is 12.1 Å². The molecule has 0 bridgehead atoms. The molecule has 0 saturated carbocycles. The van der Waals surface area contributed by atoms with E-state index in [4.69, 9.17) is 27.9 Å². The lowest BCUT2D eigenvalue weighted by atomic mass is 9.89. The van der Waals surface area contributed by atoms with E-state index in [0.29, 0.717) is 53.1 Å². The predicted molar refractivity (Wildman–Crippen MR) is 161 cm³/mol. The second-order valence-corrected chi connectivity index (χ2v) is 11.4. The molecule has 1 aliphatic heterocycles. The Labute approximate surface area is 254 Å². The number of carboxylic acids is 1. The molecule has 1 aliphatic rings. The molecule has 3 aromatic carbocycles. The normalized spacial score (nSPS) is 14.3. The number of nitrogens with one attached hydrogen (secondary N) is 1. The maximum Gasteiger partial charge on any atom is 0.326 e. The summed E-state index contributed by atoms with van der Waals surface area (Å²) in [7, 11) is 0.